The molecule has 0 bridgehead atoms. The first kappa shape index (κ1) is 36.7. The van der Waals surface area contributed by atoms with Crippen molar-refractivity contribution in [1.82, 2.24) is 9.80 Å². The number of carbonyl (C=O) groups is 4. The van der Waals surface area contributed by atoms with Crippen LogP contribution in [0.2, 0.25) is 0 Å². The van der Waals surface area contributed by atoms with Crippen molar-refractivity contribution in [2.24, 2.45) is 0 Å². The summed E-state index contributed by atoms with van der Waals surface area (Å²) in [6, 6.07) is 21.8. The van der Waals surface area contributed by atoms with E-state index in [4.69, 9.17) is 9.47 Å². The van der Waals surface area contributed by atoms with E-state index in [0.29, 0.717) is 37.3 Å². The fraction of sp³-hybridized carbons (Fsp3) is 0.463. The number of aromatic hydroxyl groups is 1. The second kappa shape index (κ2) is 14.5. The summed E-state index contributed by atoms with van der Waals surface area (Å²) in [6.45, 7) is 11.8. The van der Waals surface area contributed by atoms with Crippen molar-refractivity contribution in [3.63, 3.8) is 0 Å². The summed E-state index contributed by atoms with van der Waals surface area (Å²) in [6.07, 6.45) is 1.67. The Balaban J connectivity index is 1.13. The molecule has 2 saturated heterocycles. The number of benzene rings is 3. The van der Waals surface area contributed by atoms with E-state index in [1.54, 1.807) is 12.1 Å². The van der Waals surface area contributed by atoms with E-state index >= 15 is 0 Å². The van der Waals surface area contributed by atoms with E-state index in [-0.39, 0.29) is 35.3 Å². The molecule has 11 nitrogen and oxygen atoms in total. The van der Waals surface area contributed by atoms with Gasteiger partial charge in [0.05, 0.1) is 0 Å². The highest BCUT2D eigenvalue weighted by Crippen LogP contribution is 2.66. The number of anilines is 2. The molecule has 11 heteroatoms. The van der Waals surface area contributed by atoms with E-state index in [9.17, 15) is 24.3 Å². The zero-order valence-electron chi connectivity index (χ0n) is 30.8. The van der Waals surface area contributed by atoms with E-state index in [2.05, 4.69) is 10.6 Å². The van der Waals surface area contributed by atoms with Crippen LogP contribution in [0, 0.1) is 0 Å². The minimum Gasteiger partial charge on any atom is -0.508 e. The highest BCUT2D eigenvalue weighted by molar-refractivity contribution is 5.97. The molecule has 52 heavy (non-hydrogen) atoms. The third-order valence-electron chi connectivity index (χ3n) is 9.79. The summed E-state index contributed by atoms with van der Waals surface area (Å²) >= 11 is 0. The Morgan fingerprint density at radius 3 is 1.23 bits per heavy atom. The summed E-state index contributed by atoms with van der Waals surface area (Å²) in [4.78, 5) is 55.0. The number of amides is 4. The second-order valence-electron chi connectivity index (χ2n) is 16.1. The Hall–Kier alpha value is -5.06. The van der Waals surface area contributed by atoms with Crippen molar-refractivity contribution < 1.29 is 33.8 Å². The van der Waals surface area contributed by atoms with Gasteiger partial charge in [0.2, 0.25) is 11.8 Å². The van der Waals surface area contributed by atoms with Crippen molar-refractivity contribution in [1.29, 1.82) is 0 Å². The first-order valence-corrected chi connectivity index (χ1v) is 18.2. The van der Waals surface area contributed by atoms with E-state index in [0.717, 1.165) is 29.5 Å². The predicted octanol–water partition coefficient (Wildman–Crippen LogP) is 7.73. The smallest absolute Gasteiger partial charge is 0.410 e. The first-order valence-electron chi connectivity index (χ1n) is 18.2. The monoisotopic (exact) mass is 710 g/mol. The average Bonchev–Trinajstić information content (AvgIpc) is 3.38. The number of likely N-dealkylation sites (tertiary alicyclic amines) is 2. The van der Waals surface area contributed by atoms with E-state index in [1.807, 2.05) is 102 Å². The van der Waals surface area contributed by atoms with Gasteiger partial charge in [0.15, 0.2) is 0 Å². The molecule has 0 radical (unpaired) electrons. The summed E-state index contributed by atoms with van der Waals surface area (Å²) in [5, 5.41) is 15.9. The SMILES string of the molecule is CC(C)(C)OC(=O)N1CCC[C@H]1C(=O)Nc1ccc(C2C(c3ccc(O)cc3)C2c2ccc(NC(=O)[C@@H]3CCCN3C(=O)OC(C)(C)C)cc2)cc1. The lowest BCUT2D eigenvalue weighted by Gasteiger charge is -2.28. The molecular weight excluding hydrogens is 660 g/mol. The normalized spacial score (nSPS) is 22.8. The van der Waals surface area contributed by atoms with Crippen LogP contribution in [0.5, 0.6) is 5.75 Å². The molecule has 3 aliphatic rings. The summed E-state index contributed by atoms with van der Waals surface area (Å²) < 4.78 is 11.1. The maximum atomic E-state index is 13.3. The third kappa shape index (κ3) is 8.52. The molecule has 0 aromatic heterocycles. The average molecular weight is 711 g/mol. The Kier molecular flexibility index (Phi) is 10.3. The fourth-order valence-electron chi connectivity index (χ4n) is 7.44. The quantitative estimate of drug-likeness (QED) is 0.228. The van der Waals surface area contributed by atoms with Gasteiger partial charge in [0.25, 0.3) is 0 Å². The highest BCUT2D eigenvalue weighted by Gasteiger charge is 2.52. The highest BCUT2D eigenvalue weighted by atomic mass is 16.6. The van der Waals surface area contributed by atoms with Gasteiger partial charge in [-0.3, -0.25) is 19.4 Å². The van der Waals surface area contributed by atoms with Crippen molar-refractivity contribution in [3.05, 3.63) is 89.5 Å². The number of hydrogen-bond acceptors (Lipinski definition) is 7. The summed E-state index contributed by atoms with van der Waals surface area (Å²) in [5.74, 6) is 0.183. The Morgan fingerprint density at radius 2 is 0.904 bits per heavy atom. The van der Waals surface area contributed by atoms with Crippen LogP contribution in [0.4, 0.5) is 21.0 Å². The predicted molar refractivity (Wildman–Crippen MR) is 198 cm³/mol. The zero-order valence-corrected chi connectivity index (χ0v) is 30.8. The van der Waals surface area contributed by atoms with E-state index in [1.165, 1.54) is 9.80 Å². The van der Waals surface area contributed by atoms with Gasteiger partial charge in [0.1, 0.15) is 29.0 Å². The molecule has 3 N–H and O–H groups in total. The minimum absolute atomic E-state index is 0.146. The number of phenolic OH excluding ortho intramolecular Hbond substituents is 1. The number of carbonyl (C=O) groups excluding carboxylic acids is 4. The molecule has 276 valence electrons. The Morgan fingerprint density at radius 1 is 0.577 bits per heavy atom. The van der Waals surface area contributed by atoms with Crippen LogP contribution >= 0.6 is 0 Å². The number of phenols is 1. The van der Waals surface area contributed by atoms with Gasteiger partial charge in [-0.2, -0.15) is 0 Å². The molecule has 0 spiro atoms. The largest absolute Gasteiger partial charge is 0.508 e. The molecule has 2 heterocycles. The van der Waals surface area contributed by atoms with Crippen LogP contribution in [0.1, 0.15) is 102 Å². The molecule has 2 unspecified atom stereocenters. The summed E-state index contributed by atoms with van der Waals surface area (Å²) in [7, 11) is 0. The van der Waals surface area contributed by atoms with Crippen LogP contribution in [0.25, 0.3) is 0 Å². The molecule has 4 atom stereocenters. The number of nitrogens with zero attached hydrogens (tertiary/aromatic N) is 2. The molecule has 6 rings (SSSR count). The molecule has 3 aromatic rings. The molecule has 1 saturated carbocycles. The lowest BCUT2D eigenvalue weighted by atomic mass is 10.0. The third-order valence-corrected chi connectivity index (χ3v) is 9.79. The Bertz CT molecular complexity index is 1670. The number of nitrogens with one attached hydrogen (secondary N) is 2. The van der Waals surface area contributed by atoms with Gasteiger partial charge >= 0.3 is 12.2 Å². The van der Waals surface area contributed by atoms with Crippen LogP contribution in [-0.2, 0) is 19.1 Å². The number of hydrogen-bond donors (Lipinski definition) is 3. The van der Waals surface area contributed by atoms with Crippen LogP contribution < -0.4 is 10.6 Å². The Labute approximate surface area is 305 Å². The van der Waals surface area contributed by atoms with Crippen molar-refractivity contribution >= 4 is 35.4 Å². The molecule has 3 fully saturated rings. The van der Waals surface area contributed by atoms with Gasteiger partial charge < -0.3 is 25.2 Å². The van der Waals surface area contributed by atoms with Gasteiger partial charge in [0, 0.05) is 24.5 Å². The van der Waals surface area contributed by atoms with Crippen molar-refractivity contribution in [2.75, 3.05) is 23.7 Å². The standard InChI is InChI=1S/C41H50N4O7/c1-40(2,3)51-38(49)44-23-7-9-31(44)36(47)42-28-17-11-25(12-18-28)33-34(35(33)27-15-21-30(46)22-16-27)26-13-19-29(20-14-26)43-37(48)32-10-8-24-45(32)39(50)52-41(4,5)6/h11-22,31-35,46H,7-10,23-24H2,1-6H3,(H,42,47)(H,43,48)/t31-,32-,33?,34?,35?/m0/s1. The maximum absolute atomic E-state index is 13.3. The van der Waals surface area contributed by atoms with Gasteiger partial charge in [-0.05, 0) is 138 Å². The molecule has 3 aromatic carbocycles. The van der Waals surface area contributed by atoms with Gasteiger partial charge in [-0.1, -0.05) is 36.4 Å². The van der Waals surface area contributed by atoms with Gasteiger partial charge in [-0.25, -0.2) is 9.59 Å². The van der Waals surface area contributed by atoms with Crippen LogP contribution in [0.15, 0.2) is 72.8 Å². The maximum Gasteiger partial charge on any atom is 0.410 e. The molecular formula is C41H50N4O7. The van der Waals surface area contributed by atoms with Gasteiger partial charge in [-0.15, -0.1) is 0 Å². The lowest BCUT2D eigenvalue weighted by Crippen LogP contribution is -2.45. The first-order chi connectivity index (χ1) is 24.6. The molecule has 4 amide bonds. The lowest BCUT2D eigenvalue weighted by molar-refractivity contribution is -0.121. The second-order valence-corrected chi connectivity index (χ2v) is 16.1. The molecule has 2 aliphatic heterocycles. The van der Waals surface area contributed by atoms with E-state index < -0.39 is 35.5 Å². The summed E-state index contributed by atoms with van der Waals surface area (Å²) in [5.41, 5.74) is 3.34. The minimum atomic E-state index is -0.644. The van der Waals surface area contributed by atoms with Crippen LogP contribution in [0.3, 0.4) is 0 Å². The fourth-order valence-corrected chi connectivity index (χ4v) is 7.44. The van der Waals surface area contributed by atoms with Crippen molar-refractivity contribution in [3.8, 4) is 5.75 Å². The molecule has 1 aliphatic carbocycles. The topological polar surface area (TPSA) is 138 Å². The zero-order chi connectivity index (χ0) is 37.4. The van der Waals surface area contributed by atoms with Crippen molar-refractivity contribution in [2.45, 2.75) is 108 Å². The number of rotatable bonds is 7. The number of ether oxygens (including phenoxy) is 2. The van der Waals surface area contributed by atoms with Crippen LogP contribution in [-0.4, -0.2) is 75.3 Å².